The minimum Gasteiger partial charge on any atom is -0.341 e. The van der Waals surface area contributed by atoms with Gasteiger partial charge in [0.25, 0.3) is 0 Å². The SMILES string of the molecule is C[CH]OC(C)(Cl)Cl. The average molecular weight is 142 g/mol. The first-order valence-corrected chi connectivity index (χ1v) is 2.65. The molecule has 0 aliphatic rings. The zero-order valence-corrected chi connectivity index (χ0v) is 5.75. The highest BCUT2D eigenvalue weighted by molar-refractivity contribution is 6.46. The molecule has 1 nitrogen and oxygen atoms in total. The summed E-state index contributed by atoms with van der Waals surface area (Å²) in [6, 6.07) is 0. The number of halogens is 2. The van der Waals surface area contributed by atoms with E-state index in [0.29, 0.717) is 0 Å². The lowest BCUT2D eigenvalue weighted by molar-refractivity contribution is 0.155. The van der Waals surface area contributed by atoms with Crippen LogP contribution in [0.1, 0.15) is 13.8 Å². The maximum atomic E-state index is 5.35. The van der Waals surface area contributed by atoms with Gasteiger partial charge in [-0.25, -0.2) is 0 Å². The van der Waals surface area contributed by atoms with Crippen LogP contribution in [0.2, 0.25) is 0 Å². The van der Waals surface area contributed by atoms with Gasteiger partial charge in [-0.2, -0.15) is 0 Å². The summed E-state index contributed by atoms with van der Waals surface area (Å²) in [5.74, 6) is 0. The highest BCUT2D eigenvalue weighted by Gasteiger charge is 2.13. The summed E-state index contributed by atoms with van der Waals surface area (Å²) in [6.45, 7) is 4.71. The molecule has 0 amide bonds. The summed E-state index contributed by atoms with van der Waals surface area (Å²) >= 11 is 10.7. The second-order valence-electron chi connectivity index (χ2n) is 1.16. The van der Waals surface area contributed by atoms with E-state index in [4.69, 9.17) is 23.2 Å². The summed E-state index contributed by atoms with van der Waals surface area (Å²) < 4.78 is 3.57. The third kappa shape index (κ3) is 6.54. The molecule has 7 heavy (non-hydrogen) atoms. The van der Waals surface area contributed by atoms with E-state index in [0.717, 1.165) is 0 Å². The van der Waals surface area contributed by atoms with Crippen molar-refractivity contribution in [3.63, 3.8) is 0 Å². The van der Waals surface area contributed by atoms with Crippen molar-refractivity contribution in [3.05, 3.63) is 6.61 Å². The van der Waals surface area contributed by atoms with Gasteiger partial charge in [-0.1, -0.05) is 23.2 Å². The van der Waals surface area contributed by atoms with Crippen molar-refractivity contribution in [3.8, 4) is 0 Å². The van der Waals surface area contributed by atoms with Crippen molar-refractivity contribution in [2.75, 3.05) is 0 Å². The Balaban J connectivity index is 3.15. The van der Waals surface area contributed by atoms with Crippen molar-refractivity contribution < 1.29 is 4.74 Å². The Morgan fingerprint density at radius 3 is 2.00 bits per heavy atom. The Bertz CT molecular complexity index is 48.1. The van der Waals surface area contributed by atoms with E-state index in [1.54, 1.807) is 13.8 Å². The Kier molecular flexibility index (Phi) is 2.96. The molecule has 0 aromatic heterocycles. The van der Waals surface area contributed by atoms with E-state index >= 15 is 0 Å². The number of alkyl halides is 2. The van der Waals surface area contributed by atoms with Gasteiger partial charge in [-0.3, -0.25) is 0 Å². The molecule has 0 spiro atoms. The highest BCUT2D eigenvalue weighted by Crippen LogP contribution is 2.21. The molecule has 0 rings (SSSR count). The van der Waals surface area contributed by atoms with Gasteiger partial charge in [-0.05, 0) is 13.8 Å². The summed E-state index contributed by atoms with van der Waals surface area (Å²) in [6.07, 6.45) is 0. The van der Waals surface area contributed by atoms with Crippen molar-refractivity contribution in [1.29, 1.82) is 0 Å². The van der Waals surface area contributed by atoms with Gasteiger partial charge >= 0.3 is 0 Å². The molecule has 3 heteroatoms. The van der Waals surface area contributed by atoms with Crippen molar-refractivity contribution >= 4 is 23.2 Å². The quantitative estimate of drug-likeness (QED) is 0.537. The zero-order valence-electron chi connectivity index (χ0n) is 4.24. The smallest absolute Gasteiger partial charge is 0.214 e. The fourth-order valence-electron chi connectivity index (χ4n) is 0.207. The number of ether oxygens (including phenoxy) is 1. The Hall–Kier alpha value is 0.540. The predicted molar refractivity (Wildman–Crippen MR) is 31.2 cm³/mol. The van der Waals surface area contributed by atoms with Crippen LogP contribution in [-0.2, 0) is 4.74 Å². The lowest BCUT2D eigenvalue weighted by Crippen LogP contribution is -2.08. The van der Waals surface area contributed by atoms with E-state index in [1.165, 1.54) is 6.61 Å². The monoisotopic (exact) mass is 141 g/mol. The molecule has 0 fully saturated rings. The first kappa shape index (κ1) is 7.54. The fraction of sp³-hybridized carbons (Fsp3) is 0.750. The molecule has 43 valence electrons. The van der Waals surface area contributed by atoms with Crippen LogP contribution in [0.15, 0.2) is 0 Å². The molecule has 0 atom stereocenters. The van der Waals surface area contributed by atoms with Crippen LogP contribution in [0.4, 0.5) is 0 Å². The molecule has 0 unspecified atom stereocenters. The van der Waals surface area contributed by atoms with E-state index in [9.17, 15) is 0 Å². The summed E-state index contributed by atoms with van der Waals surface area (Å²) in [5, 5.41) is 0. The number of rotatable bonds is 2. The first-order valence-electron chi connectivity index (χ1n) is 1.90. The lowest BCUT2D eigenvalue weighted by Gasteiger charge is -2.10. The van der Waals surface area contributed by atoms with Crippen LogP contribution in [0.3, 0.4) is 0 Å². The molecule has 0 aromatic rings. The van der Waals surface area contributed by atoms with Gasteiger partial charge in [-0.15, -0.1) is 0 Å². The largest absolute Gasteiger partial charge is 0.341 e. The minimum absolute atomic E-state index is 1.06. The van der Waals surface area contributed by atoms with E-state index in [-0.39, 0.29) is 0 Å². The maximum Gasteiger partial charge on any atom is 0.214 e. The van der Waals surface area contributed by atoms with Crippen molar-refractivity contribution in [1.82, 2.24) is 0 Å². The highest BCUT2D eigenvalue weighted by atomic mass is 35.5. The minimum atomic E-state index is -1.06. The maximum absolute atomic E-state index is 5.35. The Labute approximate surface area is 53.6 Å². The van der Waals surface area contributed by atoms with Crippen LogP contribution < -0.4 is 0 Å². The number of hydrogen-bond donors (Lipinski definition) is 0. The normalized spacial score (nSPS) is 12.0. The molecular formula is C4H7Cl2O. The fourth-order valence-corrected chi connectivity index (χ4v) is 0.385. The predicted octanol–water partition coefficient (Wildman–Crippen LogP) is 2.34. The second kappa shape index (κ2) is 2.75. The molecule has 0 heterocycles. The van der Waals surface area contributed by atoms with Gasteiger partial charge in [0.1, 0.15) is 0 Å². The standard InChI is InChI=1S/C4H7Cl2O/c1-3-7-4(2,5)6/h3H,1-2H3. The van der Waals surface area contributed by atoms with E-state index in [1.807, 2.05) is 0 Å². The lowest BCUT2D eigenvalue weighted by atomic mass is 10.8. The van der Waals surface area contributed by atoms with Gasteiger partial charge in [0.15, 0.2) is 0 Å². The first-order chi connectivity index (χ1) is 3.06. The van der Waals surface area contributed by atoms with Crippen LogP contribution in [0, 0.1) is 6.61 Å². The average Bonchev–Trinajstić information content (AvgIpc) is 1.30. The third-order valence-corrected chi connectivity index (χ3v) is 0.503. The van der Waals surface area contributed by atoms with Crippen LogP contribution >= 0.6 is 23.2 Å². The van der Waals surface area contributed by atoms with Crippen molar-refractivity contribution in [2.45, 2.75) is 18.4 Å². The molecule has 0 aliphatic carbocycles. The van der Waals surface area contributed by atoms with Crippen LogP contribution in [0.25, 0.3) is 0 Å². The van der Waals surface area contributed by atoms with Crippen LogP contribution in [0.5, 0.6) is 0 Å². The second-order valence-corrected chi connectivity index (χ2v) is 2.80. The molecular weight excluding hydrogens is 135 g/mol. The Morgan fingerprint density at radius 2 is 2.00 bits per heavy atom. The van der Waals surface area contributed by atoms with Gasteiger partial charge in [0.2, 0.25) is 4.52 Å². The summed E-state index contributed by atoms with van der Waals surface area (Å²) in [7, 11) is 0. The van der Waals surface area contributed by atoms with Gasteiger partial charge in [0, 0.05) is 0 Å². The van der Waals surface area contributed by atoms with Crippen molar-refractivity contribution in [2.24, 2.45) is 0 Å². The third-order valence-electron chi connectivity index (χ3n) is 0.325. The molecule has 0 aliphatic heterocycles. The molecule has 0 saturated heterocycles. The number of hydrogen-bond acceptors (Lipinski definition) is 1. The Morgan fingerprint density at radius 1 is 1.57 bits per heavy atom. The summed E-state index contributed by atoms with van der Waals surface area (Å²) in [4.78, 5) is 0. The van der Waals surface area contributed by atoms with Gasteiger partial charge in [0.05, 0.1) is 6.61 Å². The molecule has 0 N–H and O–H groups in total. The molecule has 0 bridgehead atoms. The molecule has 1 radical (unpaired) electrons. The van der Waals surface area contributed by atoms with Gasteiger partial charge < -0.3 is 4.74 Å². The molecule has 0 aromatic carbocycles. The van der Waals surface area contributed by atoms with E-state index in [2.05, 4.69) is 4.74 Å². The van der Waals surface area contributed by atoms with Crippen LogP contribution in [-0.4, -0.2) is 4.52 Å². The topological polar surface area (TPSA) is 9.23 Å². The van der Waals surface area contributed by atoms with E-state index < -0.39 is 4.52 Å². The zero-order chi connectivity index (χ0) is 5.91. The molecule has 0 saturated carbocycles. The summed E-state index contributed by atoms with van der Waals surface area (Å²) in [5.41, 5.74) is 0.